The summed E-state index contributed by atoms with van der Waals surface area (Å²) in [4.78, 5) is 22.4. The van der Waals surface area contributed by atoms with Crippen LogP contribution < -0.4 is 0 Å². The first-order chi connectivity index (χ1) is 11.0. The van der Waals surface area contributed by atoms with E-state index in [1.807, 2.05) is 6.92 Å². The molecule has 5 heteroatoms. The molecule has 1 aliphatic carbocycles. The van der Waals surface area contributed by atoms with E-state index in [9.17, 15) is 19.8 Å². The van der Waals surface area contributed by atoms with Crippen molar-refractivity contribution in [3.63, 3.8) is 0 Å². The van der Waals surface area contributed by atoms with Gasteiger partial charge in [0.2, 0.25) is 0 Å². The minimum atomic E-state index is -0.488. The largest absolute Gasteiger partial charge is 0.466 e. The van der Waals surface area contributed by atoms with Crippen LogP contribution in [0.25, 0.3) is 0 Å². The maximum Gasteiger partial charge on any atom is 0.305 e. The molecule has 0 aliphatic heterocycles. The molecule has 0 saturated heterocycles. The molecule has 0 bridgehead atoms. The lowest BCUT2D eigenvalue weighted by atomic mass is 9.85. The molecule has 0 radical (unpaired) electrons. The lowest BCUT2D eigenvalue weighted by Crippen LogP contribution is -2.23. The molecule has 0 unspecified atom stereocenters. The van der Waals surface area contributed by atoms with Gasteiger partial charge in [-0.1, -0.05) is 19.3 Å². The number of Topliss-reactive ketones (excluding diaryl/α,β-unsaturated/α-hetero) is 1. The van der Waals surface area contributed by atoms with E-state index < -0.39 is 12.2 Å². The normalized spacial score (nSPS) is 27.1. The Morgan fingerprint density at radius 2 is 1.57 bits per heavy atom. The van der Waals surface area contributed by atoms with Gasteiger partial charge < -0.3 is 19.7 Å². The Kier molecular flexibility index (Phi) is 9.41. The van der Waals surface area contributed by atoms with Crippen molar-refractivity contribution in [2.45, 2.75) is 83.8 Å². The number of aliphatic hydroxyl groups excluding tert-OH is 2. The average molecular weight is 328 g/mol. The average Bonchev–Trinajstić information content (AvgIpc) is 2.74. The van der Waals surface area contributed by atoms with Gasteiger partial charge >= 0.3 is 5.97 Å². The van der Waals surface area contributed by atoms with Crippen LogP contribution in [0.15, 0.2) is 0 Å². The van der Waals surface area contributed by atoms with Gasteiger partial charge in [0.25, 0.3) is 0 Å². The lowest BCUT2D eigenvalue weighted by molar-refractivity contribution is -0.143. The van der Waals surface area contributed by atoms with Crippen LogP contribution in [-0.2, 0) is 14.3 Å². The topological polar surface area (TPSA) is 83.8 Å². The molecule has 0 amide bonds. The Hall–Kier alpha value is -0.940. The molecule has 1 rings (SSSR count). The number of hydrogen-bond acceptors (Lipinski definition) is 5. The highest BCUT2D eigenvalue weighted by molar-refractivity contribution is 5.75. The first kappa shape index (κ1) is 20.1. The van der Waals surface area contributed by atoms with Gasteiger partial charge in [-0.15, -0.1) is 0 Å². The number of esters is 1. The molecule has 0 aromatic carbocycles. The molecule has 134 valence electrons. The zero-order valence-corrected chi connectivity index (χ0v) is 14.5. The number of carbonyl (C=O) groups excluding carboxylic acids is 2. The summed E-state index contributed by atoms with van der Waals surface area (Å²) in [5.41, 5.74) is 0. The van der Waals surface area contributed by atoms with Gasteiger partial charge in [-0.25, -0.2) is 0 Å². The molecule has 0 heterocycles. The molecule has 1 aliphatic rings. The van der Waals surface area contributed by atoms with E-state index in [2.05, 4.69) is 0 Å². The maximum absolute atomic E-state index is 11.2. The Bertz CT molecular complexity index is 368. The molecule has 4 atom stereocenters. The third-order valence-corrected chi connectivity index (χ3v) is 4.82. The summed E-state index contributed by atoms with van der Waals surface area (Å²) in [5, 5.41) is 20.2. The third-order valence-electron chi connectivity index (χ3n) is 4.82. The van der Waals surface area contributed by atoms with Crippen LogP contribution in [0.5, 0.6) is 0 Å². The van der Waals surface area contributed by atoms with Crippen molar-refractivity contribution in [3.05, 3.63) is 0 Å². The van der Waals surface area contributed by atoms with E-state index in [-0.39, 0.29) is 23.6 Å². The number of carbonyl (C=O) groups is 2. The number of ether oxygens (including phenoxy) is 1. The fourth-order valence-electron chi connectivity index (χ4n) is 3.59. The summed E-state index contributed by atoms with van der Waals surface area (Å²) in [5.74, 6) is 0.130. The predicted molar refractivity (Wildman–Crippen MR) is 87.9 cm³/mol. The summed E-state index contributed by atoms with van der Waals surface area (Å²) < 4.78 is 4.89. The van der Waals surface area contributed by atoms with Crippen LogP contribution in [0, 0.1) is 11.8 Å². The summed E-state index contributed by atoms with van der Waals surface area (Å²) in [7, 11) is 0. The van der Waals surface area contributed by atoms with E-state index >= 15 is 0 Å². The number of aliphatic hydroxyl groups is 2. The first-order valence-electron chi connectivity index (χ1n) is 8.96. The monoisotopic (exact) mass is 328 g/mol. The molecule has 2 N–H and O–H groups in total. The van der Waals surface area contributed by atoms with Crippen LogP contribution in [-0.4, -0.2) is 40.8 Å². The summed E-state index contributed by atoms with van der Waals surface area (Å²) in [6.07, 6.45) is 5.78. The quantitative estimate of drug-likeness (QED) is 0.450. The van der Waals surface area contributed by atoms with Crippen molar-refractivity contribution in [1.82, 2.24) is 0 Å². The minimum Gasteiger partial charge on any atom is -0.466 e. The Morgan fingerprint density at radius 1 is 0.957 bits per heavy atom. The molecule has 1 saturated carbocycles. The minimum absolute atomic E-state index is 0.0356. The Morgan fingerprint density at radius 3 is 2.17 bits per heavy atom. The molecule has 0 aromatic heterocycles. The fraction of sp³-hybridized carbons (Fsp3) is 0.889. The zero-order valence-electron chi connectivity index (χ0n) is 14.5. The maximum atomic E-state index is 11.2. The fourth-order valence-corrected chi connectivity index (χ4v) is 3.59. The smallest absolute Gasteiger partial charge is 0.305 e. The van der Waals surface area contributed by atoms with E-state index in [0.29, 0.717) is 32.3 Å². The van der Waals surface area contributed by atoms with E-state index in [0.717, 1.165) is 32.1 Å². The second-order valence-electron chi connectivity index (χ2n) is 6.70. The van der Waals surface area contributed by atoms with E-state index in [1.165, 1.54) is 0 Å². The molecule has 5 nitrogen and oxygen atoms in total. The van der Waals surface area contributed by atoms with Crippen LogP contribution in [0.2, 0.25) is 0 Å². The summed E-state index contributed by atoms with van der Waals surface area (Å²) in [6, 6.07) is 0. The van der Waals surface area contributed by atoms with Crippen LogP contribution in [0.4, 0.5) is 0 Å². The number of rotatable bonds is 11. The van der Waals surface area contributed by atoms with Crippen molar-refractivity contribution < 1.29 is 24.5 Å². The molecule has 0 aromatic rings. The zero-order chi connectivity index (χ0) is 17.2. The molecule has 1 fully saturated rings. The van der Waals surface area contributed by atoms with Gasteiger partial charge in [0.05, 0.1) is 18.8 Å². The molecule has 0 spiro atoms. The number of unbranched alkanes of at least 4 members (excludes halogenated alkanes) is 3. The second kappa shape index (κ2) is 10.8. The van der Waals surface area contributed by atoms with Crippen molar-refractivity contribution in [2.75, 3.05) is 6.61 Å². The van der Waals surface area contributed by atoms with Gasteiger partial charge in [0, 0.05) is 12.8 Å². The number of hydrogen-bond donors (Lipinski definition) is 2. The van der Waals surface area contributed by atoms with Crippen LogP contribution >= 0.6 is 0 Å². The lowest BCUT2D eigenvalue weighted by Gasteiger charge is -2.23. The van der Waals surface area contributed by atoms with Gasteiger partial charge in [0.15, 0.2) is 0 Å². The molecular formula is C18H32O5. The van der Waals surface area contributed by atoms with Gasteiger partial charge in [0.1, 0.15) is 5.78 Å². The Labute approximate surface area is 139 Å². The van der Waals surface area contributed by atoms with Crippen LogP contribution in [0.1, 0.15) is 71.6 Å². The Balaban J connectivity index is 2.23. The molecule has 23 heavy (non-hydrogen) atoms. The molecular weight excluding hydrogens is 296 g/mol. The highest BCUT2D eigenvalue weighted by atomic mass is 16.5. The van der Waals surface area contributed by atoms with Crippen LogP contribution in [0.3, 0.4) is 0 Å². The van der Waals surface area contributed by atoms with Crippen molar-refractivity contribution in [2.24, 2.45) is 11.8 Å². The van der Waals surface area contributed by atoms with Gasteiger partial charge in [-0.3, -0.25) is 4.79 Å². The van der Waals surface area contributed by atoms with E-state index in [4.69, 9.17) is 4.74 Å². The van der Waals surface area contributed by atoms with Crippen molar-refractivity contribution in [3.8, 4) is 0 Å². The third kappa shape index (κ3) is 7.44. The summed E-state index contributed by atoms with van der Waals surface area (Å²) >= 11 is 0. The van der Waals surface area contributed by atoms with Crippen molar-refractivity contribution in [1.29, 1.82) is 0 Å². The van der Waals surface area contributed by atoms with Gasteiger partial charge in [-0.2, -0.15) is 0 Å². The van der Waals surface area contributed by atoms with Gasteiger partial charge in [-0.05, 0) is 51.4 Å². The first-order valence-corrected chi connectivity index (χ1v) is 8.96. The van der Waals surface area contributed by atoms with Crippen molar-refractivity contribution >= 4 is 11.8 Å². The standard InChI is InChI=1S/C18H32O5/c1-3-23-18(22)9-7-5-4-6-8-14-15(11-10-13(2)19)17(21)12-16(14)20/h14-17,20-21H,3-12H2,1-2H3/t14-,15+,16-,17+/m1/s1. The highest BCUT2D eigenvalue weighted by Crippen LogP contribution is 2.38. The highest BCUT2D eigenvalue weighted by Gasteiger charge is 2.40. The number of ketones is 1. The predicted octanol–water partition coefficient (Wildman–Crippen LogP) is 2.62. The summed E-state index contributed by atoms with van der Waals surface area (Å²) in [6.45, 7) is 3.81. The SMILES string of the molecule is CCOC(=O)CCCCCC[C@@H]1[C@H](CCC(C)=O)[C@@H](O)C[C@H]1O. The second-order valence-corrected chi connectivity index (χ2v) is 6.70. The van der Waals surface area contributed by atoms with E-state index in [1.54, 1.807) is 6.92 Å².